The van der Waals surface area contributed by atoms with Crippen LogP contribution in [0.5, 0.6) is 0 Å². The number of hydrogen-bond donors (Lipinski definition) is 0. The van der Waals surface area contributed by atoms with E-state index < -0.39 is 0 Å². The molecule has 0 bridgehead atoms. The zero-order chi connectivity index (χ0) is 14.4. The number of Topliss-reactive ketones (excluding diaryl/α,β-unsaturated/α-hetero) is 1. The van der Waals surface area contributed by atoms with Crippen molar-refractivity contribution >= 4 is 53.0 Å². The molecule has 0 aromatic heterocycles. The minimum atomic E-state index is -0.0697. The van der Waals surface area contributed by atoms with Crippen LogP contribution in [0.25, 0.3) is 6.08 Å². The van der Waals surface area contributed by atoms with E-state index in [1.165, 1.54) is 0 Å². The van der Waals surface area contributed by atoms with E-state index in [2.05, 4.69) is 0 Å². The summed E-state index contributed by atoms with van der Waals surface area (Å²) in [6.07, 6.45) is 4.78. The van der Waals surface area contributed by atoms with Crippen LogP contribution in [0.3, 0.4) is 0 Å². The molecular formula is C18H18ClNaO. The SMILES string of the molecule is CC(=O)C(CC=Cc1ccc(Cl)cc1)c1ccccc1.[NaH]. The number of carbonyl (C=O) groups is 1. The summed E-state index contributed by atoms with van der Waals surface area (Å²) in [7, 11) is 0. The Labute approximate surface area is 153 Å². The van der Waals surface area contributed by atoms with E-state index >= 15 is 0 Å². The van der Waals surface area contributed by atoms with E-state index in [4.69, 9.17) is 11.6 Å². The van der Waals surface area contributed by atoms with Crippen LogP contribution in [-0.4, -0.2) is 35.3 Å². The number of hydrogen-bond acceptors (Lipinski definition) is 1. The first-order valence-electron chi connectivity index (χ1n) is 6.64. The van der Waals surface area contributed by atoms with Gasteiger partial charge in [0.1, 0.15) is 5.78 Å². The van der Waals surface area contributed by atoms with Crippen LogP contribution >= 0.6 is 11.6 Å². The molecule has 3 heteroatoms. The van der Waals surface area contributed by atoms with E-state index in [1.54, 1.807) is 6.92 Å². The molecule has 1 nitrogen and oxygen atoms in total. The van der Waals surface area contributed by atoms with Crippen molar-refractivity contribution in [1.82, 2.24) is 0 Å². The standard InChI is InChI=1S/C18H17ClO.Na.H/c1-14(20)18(16-7-3-2-4-8-16)9-5-6-15-10-12-17(19)13-11-15;;/h2-8,10-13,18H,9H2,1H3;;. The van der Waals surface area contributed by atoms with Crippen molar-refractivity contribution in [3.05, 3.63) is 76.8 Å². The zero-order valence-corrected chi connectivity index (χ0v) is 12.2. The first-order chi connectivity index (χ1) is 9.66. The molecule has 0 saturated carbocycles. The molecule has 0 spiro atoms. The Bertz CT molecular complexity index is 590. The van der Waals surface area contributed by atoms with Crippen molar-refractivity contribution in [2.45, 2.75) is 19.3 Å². The van der Waals surface area contributed by atoms with Crippen LogP contribution in [-0.2, 0) is 4.79 Å². The number of ketones is 1. The normalized spacial score (nSPS) is 11.9. The maximum absolute atomic E-state index is 11.8. The molecule has 0 amide bonds. The predicted molar refractivity (Wildman–Crippen MR) is 92.1 cm³/mol. The molecule has 0 N–H and O–H groups in total. The third kappa shape index (κ3) is 5.80. The van der Waals surface area contributed by atoms with Crippen molar-refractivity contribution in [3.8, 4) is 0 Å². The first-order valence-corrected chi connectivity index (χ1v) is 7.02. The minimum absolute atomic E-state index is 0. The van der Waals surface area contributed by atoms with Gasteiger partial charge in [-0.2, -0.15) is 0 Å². The van der Waals surface area contributed by atoms with E-state index in [0.717, 1.165) is 16.1 Å². The summed E-state index contributed by atoms with van der Waals surface area (Å²) >= 11 is 5.85. The Balaban J connectivity index is 0.00000220. The van der Waals surface area contributed by atoms with E-state index in [9.17, 15) is 4.79 Å². The van der Waals surface area contributed by atoms with Gasteiger partial charge in [-0.15, -0.1) is 0 Å². The van der Waals surface area contributed by atoms with Crippen LogP contribution in [0.4, 0.5) is 0 Å². The zero-order valence-electron chi connectivity index (χ0n) is 11.4. The van der Waals surface area contributed by atoms with Gasteiger partial charge in [-0.1, -0.05) is 66.2 Å². The number of benzene rings is 2. The van der Waals surface area contributed by atoms with Crippen LogP contribution < -0.4 is 0 Å². The molecule has 1 unspecified atom stereocenters. The van der Waals surface area contributed by atoms with Gasteiger partial charge >= 0.3 is 29.6 Å². The van der Waals surface area contributed by atoms with Gasteiger partial charge in [-0.3, -0.25) is 4.79 Å². The molecule has 2 rings (SSSR count). The Morgan fingerprint density at radius 2 is 1.71 bits per heavy atom. The molecule has 0 saturated heterocycles. The van der Waals surface area contributed by atoms with Gasteiger partial charge in [-0.05, 0) is 36.6 Å². The summed E-state index contributed by atoms with van der Waals surface area (Å²) in [5, 5.41) is 0.730. The van der Waals surface area contributed by atoms with Crippen molar-refractivity contribution < 1.29 is 4.79 Å². The molecule has 0 fully saturated rings. The molecule has 21 heavy (non-hydrogen) atoms. The Hall–Kier alpha value is -0.860. The van der Waals surface area contributed by atoms with Crippen molar-refractivity contribution in [2.75, 3.05) is 0 Å². The fourth-order valence-corrected chi connectivity index (χ4v) is 2.26. The molecule has 0 aliphatic heterocycles. The fourth-order valence-electron chi connectivity index (χ4n) is 2.14. The van der Waals surface area contributed by atoms with Crippen molar-refractivity contribution in [1.29, 1.82) is 0 Å². The Kier molecular flexibility index (Phi) is 7.98. The van der Waals surface area contributed by atoms with Gasteiger partial charge in [0, 0.05) is 10.9 Å². The second-order valence-electron chi connectivity index (χ2n) is 4.76. The summed E-state index contributed by atoms with van der Waals surface area (Å²) in [5.74, 6) is 0.122. The van der Waals surface area contributed by atoms with Crippen LogP contribution in [0.15, 0.2) is 60.7 Å². The van der Waals surface area contributed by atoms with E-state index in [-0.39, 0.29) is 41.3 Å². The summed E-state index contributed by atoms with van der Waals surface area (Å²) in [5.41, 5.74) is 2.16. The van der Waals surface area contributed by atoms with E-state index in [0.29, 0.717) is 6.42 Å². The van der Waals surface area contributed by atoms with Crippen molar-refractivity contribution in [3.63, 3.8) is 0 Å². The Morgan fingerprint density at radius 1 is 1.10 bits per heavy atom. The molecule has 2 aromatic rings. The first kappa shape index (κ1) is 18.2. The molecule has 0 radical (unpaired) electrons. The number of halogens is 1. The molecule has 1 atom stereocenters. The monoisotopic (exact) mass is 308 g/mol. The number of rotatable bonds is 5. The van der Waals surface area contributed by atoms with Crippen LogP contribution in [0.1, 0.15) is 30.4 Å². The van der Waals surface area contributed by atoms with Gasteiger partial charge in [0.15, 0.2) is 0 Å². The quantitative estimate of drug-likeness (QED) is 0.745. The third-order valence-electron chi connectivity index (χ3n) is 3.24. The van der Waals surface area contributed by atoms with E-state index in [1.807, 2.05) is 66.7 Å². The van der Waals surface area contributed by atoms with Gasteiger partial charge in [-0.25, -0.2) is 0 Å². The third-order valence-corrected chi connectivity index (χ3v) is 3.50. The van der Waals surface area contributed by atoms with Gasteiger partial charge in [0.2, 0.25) is 0 Å². The maximum atomic E-state index is 11.8. The number of carbonyl (C=O) groups excluding carboxylic acids is 1. The fraction of sp³-hybridized carbons (Fsp3) is 0.167. The second kappa shape index (κ2) is 9.22. The molecular weight excluding hydrogens is 291 g/mol. The van der Waals surface area contributed by atoms with Crippen LogP contribution in [0, 0.1) is 0 Å². The topological polar surface area (TPSA) is 17.1 Å². The van der Waals surface area contributed by atoms with Gasteiger partial charge < -0.3 is 0 Å². The summed E-state index contributed by atoms with van der Waals surface area (Å²) < 4.78 is 0. The molecule has 0 heterocycles. The van der Waals surface area contributed by atoms with Gasteiger partial charge in [0.05, 0.1) is 0 Å². The predicted octanol–water partition coefficient (Wildman–Crippen LogP) is 4.47. The summed E-state index contributed by atoms with van der Waals surface area (Å²) in [6.45, 7) is 1.65. The summed E-state index contributed by atoms with van der Waals surface area (Å²) in [4.78, 5) is 11.8. The molecule has 104 valence electrons. The molecule has 0 aliphatic carbocycles. The van der Waals surface area contributed by atoms with Crippen LogP contribution in [0.2, 0.25) is 5.02 Å². The average molecular weight is 309 g/mol. The van der Waals surface area contributed by atoms with Gasteiger partial charge in [0.25, 0.3) is 0 Å². The molecule has 0 aliphatic rings. The average Bonchev–Trinajstić information content (AvgIpc) is 2.46. The van der Waals surface area contributed by atoms with Crippen molar-refractivity contribution in [2.24, 2.45) is 0 Å². The summed E-state index contributed by atoms with van der Waals surface area (Å²) in [6, 6.07) is 17.5. The second-order valence-corrected chi connectivity index (χ2v) is 5.20. The molecule has 2 aromatic carbocycles. The Morgan fingerprint density at radius 3 is 2.29 bits per heavy atom. The number of allylic oxidation sites excluding steroid dienone is 1.